The summed E-state index contributed by atoms with van der Waals surface area (Å²) in [7, 11) is 0. The molecule has 0 saturated carbocycles. The minimum absolute atomic E-state index is 0. The van der Waals surface area contributed by atoms with Crippen molar-refractivity contribution in [3.63, 3.8) is 0 Å². The Morgan fingerprint density at radius 3 is 2.83 bits per heavy atom. The molecule has 0 bridgehead atoms. The second-order valence-corrected chi connectivity index (χ2v) is 5.12. The van der Waals surface area contributed by atoms with Gasteiger partial charge in [-0.3, -0.25) is 4.79 Å². The molecule has 0 radical (unpaired) electrons. The summed E-state index contributed by atoms with van der Waals surface area (Å²) in [6.45, 7) is 2.85. The maximum Gasteiger partial charge on any atom is 0.244 e. The van der Waals surface area contributed by atoms with Gasteiger partial charge in [0, 0.05) is 10.7 Å². The number of halogens is 2. The molecule has 2 rings (SSSR count). The SMILES string of the molecule is CC1(C(=O)Nc2cccc(Cl)c2)CCCCN1.Cl. The van der Waals surface area contributed by atoms with Gasteiger partial charge in [-0.1, -0.05) is 17.7 Å². The number of nitrogens with one attached hydrogen (secondary N) is 2. The highest BCUT2D eigenvalue weighted by Crippen LogP contribution is 2.22. The Labute approximate surface area is 119 Å². The molecular weight excluding hydrogens is 271 g/mol. The van der Waals surface area contributed by atoms with Crippen molar-refractivity contribution in [2.45, 2.75) is 31.7 Å². The number of amides is 1. The first-order valence-corrected chi connectivity index (χ1v) is 6.30. The molecule has 3 nitrogen and oxygen atoms in total. The van der Waals surface area contributed by atoms with Gasteiger partial charge in [0.25, 0.3) is 0 Å². The van der Waals surface area contributed by atoms with Crippen LogP contribution in [0.5, 0.6) is 0 Å². The second kappa shape index (κ2) is 6.41. The lowest BCUT2D eigenvalue weighted by Crippen LogP contribution is -2.54. The summed E-state index contributed by atoms with van der Waals surface area (Å²) >= 11 is 5.88. The van der Waals surface area contributed by atoms with E-state index < -0.39 is 5.54 Å². The summed E-state index contributed by atoms with van der Waals surface area (Å²) in [4.78, 5) is 12.2. The Morgan fingerprint density at radius 2 is 2.22 bits per heavy atom. The summed E-state index contributed by atoms with van der Waals surface area (Å²) in [6, 6.07) is 7.22. The lowest BCUT2D eigenvalue weighted by Gasteiger charge is -2.33. The van der Waals surface area contributed by atoms with E-state index in [9.17, 15) is 4.79 Å². The molecule has 1 saturated heterocycles. The Kier molecular flexibility index (Phi) is 5.45. The molecule has 100 valence electrons. The molecule has 1 heterocycles. The second-order valence-electron chi connectivity index (χ2n) is 4.68. The topological polar surface area (TPSA) is 41.1 Å². The quantitative estimate of drug-likeness (QED) is 0.877. The zero-order valence-electron chi connectivity index (χ0n) is 10.3. The van der Waals surface area contributed by atoms with Crippen LogP contribution in [0.25, 0.3) is 0 Å². The molecule has 5 heteroatoms. The summed E-state index contributed by atoms with van der Waals surface area (Å²) in [5, 5.41) is 6.82. The minimum Gasteiger partial charge on any atom is -0.324 e. The molecule has 1 fully saturated rings. The van der Waals surface area contributed by atoms with E-state index in [0.717, 1.165) is 31.5 Å². The van der Waals surface area contributed by atoms with Gasteiger partial charge in [0.2, 0.25) is 5.91 Å². The Hall–Kier alpha value is -0.770. The van der Waals surface area contributed by atoms with Crippen LogP contribution in [-0.4, -0.2) is 18.0 Å². The average Bonchev–Trinajstić information content (AvgIpc) is 2.30. The van der Waals surface area contributed by atoms with Crippen molar-refractivity contribution in [3.05, 3.63) is 29.3 Å². The van der Waals surface area contributed by atoms with Crippen LogP contribution in [0.4, 0.5) is 5.69 Å². The third-order valence-electron chi connectivity index (χ3n) is 3.20. The van der Waals surface area contributed by atoms with Crippen LogP contribution < -0.4 is 10.6 Å². The van der Waals surface area contributed by atoms with Crippen LogP contribution in [0.2, 0.25) is 5.02 Å². The van der Waals surface area contributed by atoms with E-state index in [4.69, 9.17) is 11.6 Å². The van der Waals surface area contributed by atoms with Crippen molar-refractivity contribution in [1.82, 2.24) is 5.32 Å². The number of anilines is 1. The van der Waals surface area contributed by atoms with Crippen LogP contribution in [0, 0.1) is 0 Å². The monoisotopic (exact) mass is 288 g/mol. The molecule has 1 aliphatic heterocycles. The molecule has 18 heavy (non-hydrogen) atoms. The van der Waals surface area contributed by atoms with Gasteiger partial charge in [-0.25, -0.2) is 0 Å². The zero-order chi connectivity index (χ0) is 12.3. The highest BCUT2D eigenvalue weighted by atomic mass is 35.5. The van der Waals surface area contributed by atoms with E-state index in [1.165, 1.54) is 0 Å². The lowest BCUT2D eigenvalue weighted by atomic mass is 9.90. The van der Waals surface area contributed by atoms with E-state index >= 15 is 0 Å². The smallest absolute Gasteiger partial charge is 0.244 e. The summed E-state index contributed by atoms with van der Waals surface area (Å²) < 4.78 is 0. The molecule has 1 aliphatic rings. The number of hydrogen-bond donors (Lipinski definition) is 2. The summed E-state index contributed by atoms with van der Waals surface area (Å²) in [5.74, 6) is 0.0134. The molecule has 0 aliphatic carbocycles. The highest BCUT2D eigenvalue weighted by molar-refractivity contribution is 6.30. The lowest BCUT2D eigenvalue weighted by molar-refractivity contribution is -0.122. The van der Waals surface area contributed by atoms with Crippen LogP contribution in [-0.2, 0) is 4.79 Å². The third kappa shape index (κ3) is 3.61. The average molecular weight is 289 g/mol. The van der Waals surface area contributed by atoms with Crippen molar-refractivity contribution < 1.29 is 4.79 Å². The first kappa shape index (κ1) is 15.3. The van der Waals surface area contributed by atoms with Crippen LogP contribution in [0.3, 0.4) is 0 Å². The van der Waals surface area contributed by atoms with Gasteiger partial charge in [0.05, 0.1) is 5.54 Å². The maximum atomic E-state index is 12.2. The van der Waals surface area contributed by atoms with Gasteiger partial charge in [-0.15, -0.1) is 12.4 Å². The molecule has 1 atom stereocenters. The Morgan fingerprint density at radius 1 is 1.44 bits per heavy atom. The number of piperidine rings is 1. The Balaban J connectivity index is 0.00000162. The first-order chi connectivity index (χ1) is 8.10. The Bertz CT molecular complexity index is 417. The van der Waals surface area contributed by atoms with E-state index in [2.05, 4.69) is 10.6 Å². The fourth-order valence-corrected chi connectivity index (χ4v) is 2.28. The van der Waals surface area contributed by atoms with Crippen molar-refractivity contribution in [3.8, 4) is 0 Å². The normalized spacial score (nSPS) is 23.0. The van der Waals surface area contributed by atoms with Crippen molar-refractivity contribution in [2.75, 3.05) is 11.9 Å². The number of rotatable bonds is 2. The molecule has 1 aromatic carbocycles. The number of carbonyl (C=O) groups is 1. The molecule has 1 unspecified atom stereocenters. The predicted octanol–water partition coefficient (Wildman–Crippen LogP) is 3.23. The van der Waals surface area contributed by atoms with Crippen molar-refractivity contribution >= 4 is 35.6 Å². The van der Waals surface area contributed by atoms with Crippen LogP contribution >= 0.6 is 24.0 Å². The van der Waals surface area contributed by atoms with Gasteiger partial charge in [-0.05, 0) is 50.9 Å². The molecule has 1 amide bonds. The molecule has 0 spiro atoms. The van der Waals surface area contributed by atoms with Gasteiger partial charge < -0.3 is 10.6 Å². The maximum absolute atomic E-state index is 12.2. The highest BCUT2D eigenvalue weighted by Gasteiger charge is 2.34. The molecule has 1 aromatic rings. The van der Waals surface area contributed by atoms with Crippen LogP contribution in [0.15, 0.2) is 24.3 Å². The summed E-state index contributed by atoms with van der Waals surface area (Å²) in [5.41, 5.74) is 0.289. The molecule has 2 N–H and O–H groups in total. The largest absolute Gasteiger partial charge is 0.324 e. The molecule has 0 aromatic heterocycles. The first-order valence-electron chi connectivity index (χ1n) is 5.92. The summed E-state index contributed by atoms with van der Waals surface area (Å²) in [6.07, 6.45) is 3.10. The van der Waals surface area contributed by atoms with E-state index in [0.29, 0.717) is 5.02 Å². The van der Waals surface area contributed by atoms with Crippen molar-refractivity contribution in [2.24, 2.45) is 0 Å². The van der Waals surface area contributed by atoms with Crippen molar-refractivity contribution in [1.29, 1.82) is 0 Å². The number of hydrogen-bond acceptors (Lipinski definition) is 2. The minimum atomic E-state index is -0.458. The van der Waals surface area contributed by atoms with Gasteiger partial charge >= 0.3 is 0 Å². The van der Waals surface area contributed by atoms with Gasteiger partial charge in [0.15, 0.2) is 0 Å². The predicted molar refractivity (Wildman–Crippen MR) is 77.6 cm³/mol. The van der Waals surface area contributed by atoms with E-state index in [-0.39, 0.29) is 18.3 Å². The molecular formula is C13H18Cl2N2O. The van der Waals surface area contributed by atoms with Crippen LogP contribution in [0.1, 0.15) is 26.2 Å². The fraction of sp³-hybridized carbons (Fsp3) is 0.462. The van der Waals surface area contributed by atoms with E-state index in [1.807, 2.05) is 19.1 Å². The van der Waals surface area contributed by atoms with Gasteiger partial charge in [-0.2, -0.15) is 0 Å². The standard InChI is InChI=1S/C13H17ClN2O.ClH/c1-13(7-2-3-8-15-13)12(17)16-11-6-4-5-10(14)9-11;/h4-6,9,15H,2-3,7-8H2,1H3,(H,16,17);1H. The van der Waals surface area contributed by atoms with E-state index in [1.54, 1.807) is 12.1 Å². The van der Waals surface area contributed by atoms with Gasteiger partial charge in [0.1, 0.15) is 0 Å². The third-order valence-corrected chi connectivity index (χ3v) is 3.44. The number of carbonyl (C=O) groups excluding carboxylic acids is 1. The fourth-order valence-electron chi connectivity index (χ4n) is 2.09. The number of benzene rings is 1. The zero-order valence-corrected chi connectivity index (χ0v) is 11.9.